The highest BCUT2D eigenvalue weighted by Crippen LogP contribution is 2.31. The normalized spacial score (nSPS) is 23.5. The number of thiophene rings is 1. The molecule has 6 heteroatoms. The molecule has 0 saturated carbocycles. The van der Waals surface area contributed by atoms with Crippen molar-refractivity contribution in [1.82, 2.24) is 4.31 Å². The lowest BCUT2D eigenvalue weighted by Crippen LogP contribution is -2.33. The second-order valence-corrected chi connectivity index (χ2v) is 7.50. The summed E-state index contributed by atoms with van der Waals surface area (Å²) in [5.41, 5.74) is 0. The predicted octanol–water partition coefficient (Wildman–Crippen LogP) is 2.57. The van der Waals surface area contributed by atoms with E-state index >= 15 is 0 Å². The van der Waals surface area contributed by atoms with Crippen molar-refractivity contribution in [1.29, 1.82) is 0 Å². The number of nitrogens with zero attached hydrogens (tertiary/aromatic N) is 1. The zero-order chi connectivity index (χ0) is 11.1. The van der Waals surface area contributed by atoms with E-state index in [0.29, 0.717) is 15.1 Å². The Morgan fingerprint density at radius 2 is 2.27 bits per heavy atom. The van der Waals surface area contributed by atoms with Crippen molar-refractivity contribution in [3.05, 3.63) is 16.5 Å². The lowest BCUT2D eigenvalue weighted by atomic mass is 10.3. The molecule has 1 atom stereocenters. The summed E-state index contributed by atoms with van der Waals surface area (Å²) in [6, 6.07) is 3.31. The van der Waals surface area contributed by atoms with Crippen LogP contribution in [-0.2, 0) is 10.0 Å². The third-order valence-corrected chi connectivity index (χ3v) is 6.32. The van der Waals surface area contributed by atoms with Gasteiger partial charge in [0.2, 0.25) is 0 Å². The SMILES string of the molecule is CC1CCCN1S(=O)(=O)c1ccc(Cl)s1. The molecule has 2 rings (SSSR count). The summed E-state index contributed by atoms with van der Waals surface area (Å²) in [5, 5.41) is 0. The fourth-order valence-corrected chi connectivity index (χ4v) is 5.13. The summed E-state index contributed by atoms with van der Waals surface area (Å²) in [7, 11) is -3.30. The van der Waals surface area contributed by atoms with Crippen LogP contribution < -0.4 is 0 Å². The molecule has 0 aromatic carbocycles. The van der Waals surface area contributed by atoms with E-state index in [2.05, 4.69) is 0 Å². The smallest absolute Gasteiger partial charge is 0.206 e. The monoisotopic (exact) mass is 265 g/mol. The van der Waals surface area contributed by atoms with Crippen LogP contribution in [0.15, 0.2) is 16.3 Å². The molecule has 0 N–H and O–H groups in total. The molecule has 84 valence electrons. The van der Waals surface area contributed by atoms with Crippen molar-refractivity contribution in [2.45, 2.75) is 30.0 Å². The minimum absolute atomic E-state index is 0.107. The van der Waals surface area contributed by atoms with Crippen molar-refractivity contribution in [3.8, 4) is 0 Å². The molecular weight excluding hydrogens is 254 g/mol. The first-order valence-electron chi connectivity index (χ1n) is 4.79. The van der Waals surface area contributed by atoms with E-state index in [-0.39, 0.29) is 6.04 Å². The molecule has 1 aromatic rings. The minimum atomic E-state index is -3.30. The summed E-state index contributed by atoms with van der Waals surface area (Å²) >= 11 is 6.86. The van der Waals surface area contributed by atoms with Gasteiger partial charge < -0.3 is 0 Å². The topological polar surface area (TPSA) is 37.4 Å². The fraction of sp³-hybridized carbons (Fsp3) is 0.556. The average molecular weight is 266 g/mol. The maximum atomic E-state index is 12.1. The van der Waals surface area contributed by atoms with E-state index in [1.54, 1.807) is 16.4 Å². The van der Waals surface area contributed by atoms with Gasteiger partial charge in [0.25, 0.3) is 10.0 Å². The van der Waals surface area contributed by atoms with Crippen LogP contribution in [0.5, 0.6) is 0 Å². The van der Waals surface area contributed by atoms with E-state index in [4.69, 9.17) is 11.6 Å². The highest BCUT2D eigenvalue weighted by Gasteiger charge is 2.33. The molecule has 1 fully saturated rings. The van der Waals surface area contributed by atoms with Crippen LogP contribution in [-0.4, -0.2) is 25.3 Å². The van der Waals surface area contributed by atoms with Crippen molar-refractivity contribution in [2.24, 2.45) is 0 Å². The molecule has 1 aliphatic heterocycles. The Kier molecular flexibility index (Phi) is 3.07. The van der Waals surface area contributed by atoms with Crippen LogP contribution in [0.3, 0.4) is 0 Å². The van der Waals surface area contributed by atoms with Gasteiger partial charge >= 0.3 is 0 Å². The van der Waals surface area contributed by atoms with E-state index in [1.165, 1.54) is 0 Å². The zero-order valence-electron chi connectivity index (χ0n) is 8.31. The van der Waals surface area contributed by atoms with Gasteiger partial charge in [-0.05, 0) is 31.9 Å². The fourth-order valence-electron chi connectivity index (χ4n) is 1.82. The van der Waals surface area contributed by atoms with Crippen molar-refractivity contribution >= 4 is 33.0 Å². The summed E-state index contributed by atoms with van der Waals surface area (Å²) in [4.78, 5) is 0. The van der Waals surface area contributed by atoms with E-state index in [0.717, 1.165) is 24.2 Å². The molecule has 1 saturated heterocycles. The van der Waals surface area contributed by atoms with Gasteiger partial charge in [0.1, 0.15) is 4.21 Å². The quantitative estimate of drug-likeness (QED) is 0.824. The molecule has 0 aliphatic carbocycles. The van der Waals surface area contributed by atoms with Gasteiger partial charge in [-0.15, -0.1) is 11.3 Å². The van der Waals surface area contributed by atoms with E-state index in [1.807, 2.05) is 6.92 Å². The third-order valence-electron chi connectivity index (χ3n) is 2.60. The first-order chi connectivity index (χ1) is 7.01. The Morgan fingerprint density at radius 3 is 2.73 bits per heavy atom. The predicted molar refractivity (Wildman–Crippen MR) is 61.9 cm³/mol. The molecule has 1 aliphatic rings. The van der Waals surface area contributed by atoms with E-state index in [9.17, 15) is 8.42 Å². The van der Waals surface area contributed by atoms with Gasteiger partial charge in [0, 0.05) is 12.6 Å². The number of halogens is 1. The van der Waals surface area contributed by atoms with Crippen LogP contribution in [0.4, 0.5) is 0 Å². The van der Waals surface area contributed by atoms with Crippen LogP contribution in [0.25, 0.3) is 0 Å². The Balaban J connectivity index is 2.34. The molecule has 15 heavy (non-hydrogen) atoms. The van der Waals surface area contributed by atoms with Gasteiger partial charge in [-0.3, -0.25) is 0 Å². The van der Waals surface area contributed by atoms with Crippen molar-refractivity contribution in [3.63, 3.8) is 0 Å². The van der Waals surface area contributed by atoms with Gasteiger partial charge in [-0.25, -0.2) is 8.42 Å². The first-order valence-corrected chi connectivity index (χ1v) is 7.42. The Morgan fingerprint density at radius 1 is 1.53 bits per heavy atom. The Bertz CT molecular complexity index is 454. The number of sulfonamides is 1. The van der Waals surface area contributed by atoms with Crippen LogP contribution >= 0.6 is 22.9 Å². The van der Waals surface area contributed by atoms with Crippen molar-refractivity contribution in [2.75, 3.05) is 6.54 Å². The molecule has 3 nitrogen and oxygen atoms in total. The summed E-state index contributed by atoms with van der Waals surface area (Å²) in [5.74, 6) is 0. The summed E-state index contributed by atoms with van der Waals surface area (Å²) in [6.45, 7) is 2.57. The van der Waals surface area contributed by atoms with Crippen LogP contribution in [0.2, 0.25) is 4.34 Å². The van der Waals surface area contributed by atoms with Gasteiger partial charge in [-0.1, -0.05) is 11.6 Å². The Hall–Kier alpha value is -0.100. The molecule has 0 amide bonds. The second-order valence-electron chi connectivity index (χ2n) is 3.67. The number of rotatable bonds is 2. The van der Waals surface area contributed by atoms with Gasteiger partial charge in [-0.2, -0.15) is 4.31 Å². The maximum absolute atomic E-state index is 12.1. The number of hydrogen-bond acceptors (Lipinski definition) is 3. The van der Waals surface area contributed by atoms with Crippen LogP contribution in [0.1, 0.15) is 19.8 Å². The first kappa shape index (κ1) is 11.4. The Labute approximate surface area is 98.7 Å². The highest BCUT2D eigenvalue weighted by atomic mass is 35.5. The standard InChI is InChI=1S/C9H12ClNO2S2/c1-7-3-2-6-11(7)15(12,13)9-5-4-8(10)14-9/h4-5,7H,2-3,6H2,1H3. The molecule has 0 radical (unpaired) electrons. The minimum Gasteiger partial charge on any atom is -0.206 e. The summed E-state index contributed by atoms with van der Waals surface area (Å²) < 4.78 is 26.7. The molecule has 1 aromatic heterocycles. The number of hydrogen-bond donors (Lipinski definition) is 0. The lowest BCUT2D eigenvalue weighted by Gasteiger charge is -2.19. The van der Waals surface area contributed by atoms with Crippen molar-refractivity contribution < 1.29 is 8.42 Å². The van der Waals surface area contributed by atoms with Gasteiger partial charge in [0.15, 0.2) is 0 Å². The second kappa shape index (κ2) is 4.05. The molecule has 1 unspecified atom stereocenters. The molecule has 0 bridgehead atoms. The third kappa shape index (κ3) is 2.06. The molecule has 0 spiro atoms. The molecular formula is C9H12ClNO2S2. The van der Waals surface area contributed by atoms with Gasteiger partial charge in [0.05, 0.1) is 4.34 Å². The largest absolute Gasteiger partial charge is 0.252 e. The summed E-state index contributed by atoms with van der Waals surface area (Å²) in [6.07, 6.45) is 1.89. The zero-order valence-corrected chi connectivity index (χ0v) is 10.7. The highest BCUT2D eigenvalue weighted by molar-refractivity contribution is 7.91. The van der Waals surface area contributed by atoms with E-state index < -0.39 is 10.0 Å². The molecule has 2 heterocycles. The lowest BCUT2D eigenvalue weighted by molar-refractivity contribution is 0.409. The van der Waals surface area contributed by atoms with Crippen LogP contribution in [0, 0.1) is 0 Å². The maximum Gasteiger partial charge on any atom is 0.252 e. The average Bonchev–Trinajstić information content (AvgIpc) is 2.74.